The number of hydrogen-bond donors (Lipinski definition) is 4. The van der Waals surface area contributed by atoms with Crippen LogP contribution < -0.4 is 0 Å². The normalized spacial score (nSPS) is 43.9. The first-order valence-corrected chi connectivity index (χ1v) is 12.9. The van der Waals surface area contributed by atoms with Crippen molar-refractivity contribution in [3.8, 4) is 0 Å². The third kappa shape index (κ3) is 4.74. The second-order valence-electron chi connectivity index (χ2n) is 11.8. The molecule has 3 aliphatic carbocycles. The summed E-state index contributed by atoms with van der Waals surface area (Å²) in [6.45, 7) is 9.91. The van der Waals surface area contributed by atoms with Crippen LogP contribution in [0.3, 0.4) is 0 Å². The Morgan fingerprint density at radius 3 is 2.51 bits per heavy atom. The SMILES string of the molecule is CC(=O)OC1CC2C3=C(C(C)C)CCC3(C)CCC2(C)C(OC2OCC(O)C(O)C2O)C=C1CO. The standard InChI is InChI=1S/C27H42O8/c1-14(2)17-6-7-26(4)8-9-27(5)18(22(17)26)11-20(34-15(3)29)16(12-28)10-21(27)35-25-24(32)23(31)19(30)13-33-25/h10,14,18-21,23-25,28,30-32H,6-9,11-13H2,1-5H3. The third-order valence-corrected chi connectivity index (χ3v) is 9.10. The van der Waals surface area contributed by atoms with Gasteiger partial charge in [-0.05, 0) is 54.9 Å². The van der Waals surface area contributed by atoms with Gasteiger partial charge in [0.15, 0.2) is 6.29 Å². The maximum Gasteiger partial charge on any atom is 0.303 e. The summed E-state index contributed by atoms with van der Waals surface area (Å²) in [4.78, 5) is 12.0. The maximum atomic E-state index is 12.0. The van der Waals surface area contributed by atoms with Gasteiger partial charge in [0.05, 0.1) is 19.3 Å². The van der Waals surface area contributed by atoms with E-state index in [4.69, 9.17) is 14.2 Å². The minimum absolute atomic E-state index is 0.0343. The largest absolute Gasteiger partial charge is 0.458 e. The van der Waals surface area contributed by atoms with Crippen molar-refractivity contribution < 1.29 is 39.4 Å². The average molecular weight is 495 g/mol. The molecule has 0 bridgehead atoms. The maximum absolute atomic E-state index is 12.0. The Balaban J connectivity index is 1.79. The Morgan fingerprint density at radius 2 is 1.89 bits per heavy atom. The zero-order chi connectivity index (χ0) is 25.7. The zero-order valence-corrected chi connectivity index (χ0v) is 21.6. The lowest BCUT2D eigenvalue weighted by atomic mass is 9.54. The van der Waals surface area contributed by atoms with Gasteiger partial charge >= 0.3 is 5.97 Å². The van der Waals surface area contributed by atoms with Crippen molar-refractivity contribution >= 4 is 5.97 Å². The first-order chi connectivity index (χ1) is 16.4. The van der Waals surface area contributed by atoms with Crippen LogP contribution in [0.1, 0.15) is 66.7 Å². The number of carbonyl (C=O) groups excluding carboxylic acids is 1. The summed E-state index contributed by atoms with van der Waals surface area (Å²) in [6, 6.07) is 0. The Hall–Kier alpha value is -1.29. The van der Waals surface area contributed by atoms with Gasteiger partial charge in [-0.15, -0.1) is 0 Å². The molecule has 8 heteroatoms. The van der Waals surface area contributed by atoms with Crippen molar-refractivity contribution in [2.24, 2.45) is 22.7 Å². The van der Waals surface area contributed by atoms with E-state index in [9.17, 15) is 25.2 Å². The van der Waals surface area contributed by atoms with Crippen LogP contribution in [-0.2, 0) is 19.0 Å². The van der Waals surface area contributed by atoms with Gasteiger partial charge in [-0.2, -0.15) is 0 Å². The Labute approximate surface area is 208 Å². The number of esters is 1. The molecule has 1 aliphatic heterocycles. The quantitative estimate of drug-likeness (QED) is 0.339. The van der Waals surface area contributed by atoms with E-state index >= 15 is 0 Å². The van der Waals surface area contributed by atoms with Gasteiger partial charge in [0.25, 0.3) is 0 Å². The number of carbonyl (C=O) groups is 1. The van der Waals surface area contributed by atoms with Gasteiger partial charge in [-0.3, -0.25) is 4.79 Å². The van der Waals surface area contributed by atoms with Crippen LogP contribution in [0.5, 0.6) is 0 Å². The number of hydrogen-bond acceptors (Lipinski definition) is 8. The van der Waals surface area contributed by atoms with E-state index in [2.05, 4.69) is 27.7 Å². The second-order valence-corrected chi connectivity index (χ2v) is 11.8. The third-order valence-electron chi connectivity index (χ3n) is 9.10. The van der Waals surface area contributed by atoms with E-state index in [0.29, 0.717) is 17.9 Å². The molecule has 0 aromatic heterocycles. The fraction of sp³-hybridized carbons (Fsp3) is 0.815. The highest BCUT2D eigenvalue weighted by molar-refractivity contribution is 5.66. The summed E-state index contributed by atoms with van der Waals surface area (Å²) >= 11 is 0. The van der Waals surface area contributed by atoms with Crippen molar-refractivity contribution in [3.63, 3.8) is 0 Å². The van der Waals surface area contributed by atoms with E-state index in [0.717, 1.165) is 25.7 Å². The first kappa shape index (κ1) is 26.8. The summed E-state index contributed by atoms with van der Waals surface area (Å²) in [6.07, 6.45) is 0.114. The number of aliphatic hydroxyl groups excluding tert-OH is 4. The molecule has 0 amide bonds. The molecule has 2 fully saturated rings. The first-order valence-electron chi connectivity index (χ1n) is 12.9. The molecule has 8 nitrogen and oxygen atoms in total. The van der Waals surface area contributed by atoms with Crippen LogP contribution >= 0.6 is 0 Å². The van der Waals surface area contributed by atoms with Crippen molar-refractivity contribution in [1.82, 2.24) is 0 Å². The van der Waals surface area contributed by atoms with Gasteiger partial charge in [-0.25, -0.2) is 0 Å². The van der Waals surface area contributed by atoms with Gasteiger partial charge in [0.2, 0.25) is 0 Å². The van der Waals surface area contributed by atoms with Crippen LogP contribution in [-0.4, -0.2) is 76.4 Å². The van der Waals surface area contributed by atoms with Gasteiger partial charge in [0, 0.05) is 12.3 Å². The number of aliphatic hydroxyl groups is 4. The highest BCUT2D eigenvalue weighted by Gasteiger charge is 2.57. The molecule has 1 heterocycles. The van der Waals surface area contributed by atoms with Gasteiger partial charge in [0.1, 0.15) is 24.4 Å². The smallest absolute Gasteiger partial charge is 0.303 e. The minimum Gasteiger partial charge on any atom is -0.458 e. The van der Waals surface area contributed by atoms with Crippen LogP contribution in [0.25, 0.3) is 0 Å². The van der Waals surface area contributed by atoms with Crippen LogP contribution in [0.2, 0.25) is 0 Å². The molecule has 1 saturated carbocycles. The fourth-order valence-corrected chi connectivity index (χ4v) is 6.92. The molecular weight excluding hydrogens is 452 g/mol. The second kappa shape index (κ2) is 9.88. The monoisotopic (exact) mass is 494 g/mol. The molecular formula is C27H42O8. The van der Waals surface area contributed by atoms with E-state index in [1.54, 1.807) is 0 Å². The van der Waals surface area contributed by atoms with Crippen LogP contribution in [0.15, 0.2) is 22.8 Å². The van der Waals surface area contributed by atoms with Crippen molar-refractivity contribution in [1.29, 1.82) is 0 Å². The van der Waals surface area contributed by atoms with Gasteiger partial charge < -0.3 is 34.6 Å². The number of fused-ring (bicyclic) bond motifs is 3. The Morgan fingerprint density at radius 1 is 1.17 bits per heavy atom. The summed E-state index contributed by atoms with van der Waals surface area (Å²) in [5, 5.41) is 40.9. The Kier molecular flexibility index (Phi) is 7.55. The molecule has 4 rings (SSSR count). The molecule has 35 heavy (non-hydrogen) atoms. The van der Waals surface area contributed by atoms with E-state index in [1.165, 1.54) is 18.1 Å². The fourth-order valence-electron chi connectivity index (χ4n) is 6.92. The topological polar surface area (TPSA) is 126 Å². The van der Waals surface area contributed by atoms with Gasteiger partial charge in [-0.1, -0.05) is 44.9 Å². The number of ether oxygens (including phenoxy) is 3. The van der Waals surface area contributed by atoms with E-state index < -0.39 is 48.2 Å². The lowest BCUT2D eigenvalue weighted by Gasteiger charge is -2.53. The molecule has 9 unspecified atom stereocenters. The lowest BCUT2D eigenvalue weighted by molar-refractivity contribution is -0.289. The van der Waals surface area contributed by atoms with Crippen molar-refractivity contribution in [2.45, 2.75) is 104 Å². The zero-order valence-electron chi connectivity index (χ0n) is 21.6. The average Bonchev–Trinajstić information content (AvgIpc) is 3.10. The number of rotatable bonds is 5. The number of allylic oxidation sites excluding steroid dienone is 2. The minimum atomic E-state index is -1.41. The summed E-state index contributed by atoms with van der Waals surface area (Å²) < 4.78 is 17.7. The Bertz CT molecular complexity index is 880. The summed E-state index contributed by atoms with van der Waals surface area (Å²) in [5.41, 5.74) is 3.11. The molecule has 4 aliphatic rings. The van der Waals surface area contributed by atoms with Crippen molar-refractivity contribution in [3.05, 3.63) is 22.8 Å². The highest BCUT2D eigenvalue weighted by Crippen LogP contribution is 2.63. The molecule has 4 N–H and O–H groups in total. The molecule has 0 spiro atoms. The predicted molar refractivity (Wildman–Crippen MR) is 128 cm³/mol. The molecule has 0 aromatic carbocycles. The molecule has 0 radical (unpaired) electrons. The summed E-state index contributed by atoms with van der Waals surface area (Å²) in [7, 11) is 0. The highest BCUT2D eigenvalue weighted by atomic mass is 16.7. The van der Waals surface area contributed by atoms with Crippen molar-refractivity contribution in [2.75, 3.05) is 13.2 Å². The van der Waals surface area contributed by atoms with Crippen LogP contribution in [0, 0.1) is 22.7 Å². The lowest BCUT2D eigenvalue weighted by Crippen LogP contribution is -2.56. The van der Waals surface area contributed by atoms with E-state index in [1.807, 2.05) is 6.08 Å². The molecule has 0 aromatic rings. The molecule has 1 saturated heterocycles. The molecule has 198 valence electrons. The van der Waals surface area contributed by atoms with Crippen LogP contribution in [0.4, 0.5) is 0 Å². The molecule has 9 atom stereocenters. The summed E-state index contributed by atoms with van der Waals surface area (Å²) in [5.74, 6) is 0.0306. The van der Waals surface area contributed by atoms with E-state index in [-0.39, 0.29) is 24.5 Å². The predicted octanol–water partition coefficient (Wildman–Crippen LogP) is 2.23.